The molecule has 0 radical (unpaired) electrons. The Morgan fingerprint density at radius 3 is 2.51 bits per heavy atom. The smallest absolute Gasteiger partial charge is 0.252 e. The molecule has 2 aromatic heterocycles. The second kappa shape index (κ2) is 12.4. The molecule has 206 valence electrons. The van der Waals surface area contributed by atoms with Gasteiger partial charge in [-0.3, -0.25) is 9.69 Å². The highest BCUT2D eigenvalue weighted by Gasteiger charge is 2.32. The van der Waals surface area contributed by atoms with Crippen molar-refractivity contribution in [3.8, 4) is 11.5 Å². The Kier molecular flexibility index (Phi) is 8.56. The number of nitrogens with one attached hydrogen (secondary N) is 1. The van der Waals surface area contributed by atoms with E-state index in [0.29, 0.717) is 30.6 Å². The third-order valence-corrected chi connectivity index (χ3v) is 7.92. The molecule has 1 saturated carbocycles. The highest BCUT2D eigenvalue weighted by Crippen LogP contribution is 2.34. The highest BCUT2D eigenvalue weighted by molar-refractivity contribution is 5.83. The Bertz CT molecular complexity index is 1430. The lowest BCUT2D eigenvalue weighted by Gasteiger charge is -2.39. The molecule has 2 heterocycles. The first-order valence-corrected chi connectivity index (χ1v) is 13.9. The van der Waals surface area contributed by atoms with E-state index in [-0.39, 0.29) is 11.6 Å². The van der Waals surface area contributed by atoms with Gasteiger partial charge in [-0.25, -0.2) is 4.68 Å². The van der Waals surface area contributed by atoms with Crippen molar-refractivity contribution in [1.82, 2.24) is 30.1 Å². The molecule has 0 saturated heterocycles. The van der Waals surface area contributed by atoms with E-state index < -0.39 is 0 Å². The third-order valence-electron chi connectivity index (χ3n) is 7.92. The first-order chi connectivity index (χ1) is 19.1. The van der Waals surface area contributed by atoms with Crippen molar-refractivity contribution in [1.29, 1.82) is 0 Å². The van der Waals surface area contributed by atoms with Crippen LogP contribution in [0.5, 0.6) is 11.5 Å². The summed E-state index contributed by atoms with van der Waals surface area (Å²) in [5.74, 6) is 2.09. The molecule has 1 aliphatic rings. The van der Waals surface area contributed by atoms with Crippen LogP contribution in [0, 0.1) is 0 Å². The van der Waals surface area contributed by atoms with Crippen molar-refractivity contribution in [2.75, 3.05) is 14.2 Å². The molecule has 1 atom stereocenters. The molecule has 1 fully saturated rings. The molecule has 1 aliphatic carbocycles. The third kappa shape index (κ3) is 5.98. The normalized spacial score (nSPS) is 15.1. The number of methoxy groups -OCH3 is 2. The Hall–Kier alpha value is -3.72. The van der Waals surface area contributed by atoms with Gasteiger partial charge in [-0.05, 0) is 53.8 Å². The minimum atomic E-state index is -0.0888. The van der Waals surface area contributed by atoms with E-state index >= 15 is 0 Å². The predicted molar refractivity (Wildman–Crippen MR) is 151 cm³/mol. The molecular weight excluding hydrogens is 492 g/mol. The van der Waals surface area contributed by atoms with Crippen LogP contribution in [0.3, 0.4) is 0 Å². The molecule has 39 heavy (non-hydrogen) atoms. The maximum absolute atomic E-state index is 13.3. The molecule has 9 nitrogen and oxygen atoms in total. The lowest BCUT2D eigenvalue weighted by molar-refractivity contribution is 0.0841. The lowest BCUT2D eigenvalue weighted by Crippen LogP contribution is -2.41. The first kappa shape index (κ1) is 26.9. The maximum atomic E-state index is 13.3. The van der Waals surface area contributed by atoms with Crippen LogP contribution in [-0.2, 0) is 19.5 Å². The van der Waals surface area contributed by atoms with Crippen LogP contribution in [0.25, 0.3) is 10.9 Å². The summed E-state index contributed by atoms with van der Waals surface area (Å²) < 4.78 is 12.9. The molecule has 9 heteroatoms. The summed E-state index contributed by atoms with van der Waals surface area (Å²) in [6.45, 7) is 3.41. The van der Waals surface area contributed by atoms with E-state index in [0.717, 1.165) is 48.0 Å². The molecule has 1 N–H and O–H groups in total. The Labute approximate surface area is 229 Å². The number of fused-ring (bicyclic) bond motifs is 1. The number of ether oxygens (including phenoxy) is 2. The van der Waals surface area contributed by atoms with Crippen LogP contribution in [-0.4, -0.2) is 50.4 Å². The largest absolute Gasteiger partial charge is 0.493 e. The zero-order chi connectivity index (χ0) is 27.2. The fourth-order valence-corrected chi connectivity index (χ4v) is 5.85. The van der Waals surface area contributed by atoms with Crippen molar-refractivity contribution in [2.24, 2.45) is 0 Å². The highest BCUT2D eigenvalue weighted by atomic mass is 16.5. The van der Waals surface area contributed by atoms with Gasteiger partial charge in [0.15, 0.2) is 17.3 Å². The van der Waals surface area contributed by atoms with Gasteiger partial charge in [0.2, 0.25) is 0 Å². The first-order valence-electron chi connectivity index (χ1n) is 13.9. The monoisotopic (exact) mass is 530 g/mol. The second-order valence-electron chi connectivity index (χ2n) is 10.3. The summed E-state index contributed by atoms with van der Waals surface area (Å²) in [5.41, 5.74) is 2.62. The Morgan fingerprint density at radius 1 is 1.05 bits per heavy atom. The second-order valence-corrected chi connectivity index (χ2v) is 10.3. The topological polar surface area (TPSA) is 98.2 Å². The van der Waals surface area contributed by atoms with Crippen LogP contribution >= 0.6 is 0 Å². The van der Waals surface area contributed by atoms with Crippen molar-refractivity contribution >= 4 is 10.9 Å². The zero-order valence-corrected chi connectivity index (χ0v) is 23.1. The summed E-state index contributed by atoms with van der Waals surface area (Å²) in [6, 6.07) is 16.5. The molecule has 5 rings (SSSR count). The molecule has 0 bridgehead atoms. The quantitative estimate of drug-likeness (QED) is 0.289. The van der Waals surface area contributed by atoms with Crippen LogP contribution in [0.15, 0.2) is 53.3 Å². The molecule has 0 spiro atoms. The molecule has 0 aliphatic heterocycles. The van der Waals surface area contributed by atoms with Crippen molar-refractivity contribution < 1.29 is 9.47 Å². The number of benzene rings is 2. The number of nitrogens with zero attached hydrogens (tertiary/aromatic N) is 5. The van der Waals surface area contributed by atoms with Crippen molar-refractivity contribution in [2.45, 2.75) is 77.0 Å². The summed E-state index contributed by atoms with van der Waals surface area (Å²) in [7, 11) is 3.21. The van der Waals surface area contributed by atoms with Gasteiger partial charge < -0.3 is 14.5 Å². The van der Waals surface area contributed by atoms with Crippen LogP contribution in [0.4, 0.5) is 0 Å². The van der Waals surface area contributed by atoms with E-state index in [1.54, 1.807) is 14.2 Å². The van der Waals surface area contributed by atoms with E-state index in [4.69, 9.17) is 9.47 Å². The minimum absolute atomic E-state index is 0.000580. The zero-order valence-electron chi connectivity index (χ0n) is 23.1. The fourth-order valence-electron chi connectivity index (χ4n) is 5.85. The lowest BCUT2D eigenvalue weighted by atomic mass is 9.92. The van der Waals surface area contributed by atoms with Gasteiger partial charge in [-0.2, -0.15) is 0 Å². The molecule has 2 aromatic carbocycles. The molecule has 0 amide bonds. The van der Waals surface area contributed by atoms with E-state index in [1.807, 2.05) is 28.9 Å². The predicted octanol–water partition coefficient (Wildman–Crippen LogP) is 5.06. The van der Waals surface area contributed by atoms with Crippen LogP contribution in [0.2, 0.25) is 0 Å². The number of hydrogen-bond acceptors (Lipinski definition) is 7. The number of aryl methyl sites for hydroxylation is 2. The number of rotatable bonds is 11. The van der Waals surface area contributed by atoms with E-state index in [2.05, 4.69) is 56.6 Å². The number of hydrogen-bond donors (Lipinski definition) is 1. The number of tetrazole rings is 1. The number of aromatic amines is 1. The summed E-state index contributed by atoms with van der Waals surface area (Å²) in [4.78, 5) is 18.9. The van der Waals surface area contributed by atoms with Gasteiger partial charge in [0.25, 0.3) is 5.56 Å². The standard InChI is InChI=1S/C30H38N6O3/c1-4-26(29-32-33-34-36(29)16-15-21-11-7-5-8-12-21)35(24-13-9-6-10-14-24)20-23-17-22-18-27(38-2)28(39-3)19-25(22)31-30(23)37/h5,7-8,11-12,17-19,24,26H,4,6,9-10,13-16,20H2,1-3H3,(H,31,37)/t26-/m1/s1. The summed E-state index contributed by atoms with van der Waals surface area (Å²) in [6.07, 6.45) is 7.57. The molecule has 0 unspecified atom stereocenters. The van der Waals surface area contributed by atoms with Crippen molar-refractivity contribution in [3.05, 3.63) is 75.8 Å². The summed E-state index contributed by atoms with van der Waals surface area (Å²) >= 11 is 0. The van der Waals surface area contributed by atoms with Gasteiger partial charge in [-0.15, -0.1) is 5.10 Å². The Balaban J connectivity index is 1.48. The van der Waals surface area contributed by atoms with Gasteiger partial charge >= 0.3 is 0 Å². The van der Waals surface area contributed by atoms with Gasteiger partial charge in [0, 0.05) is 36.1 Å². The Morgan fingerprint density at radius 2 is 1.79 bits per heavy atom. The fraction of sp³-hybridized carbons (Fsp3) is 0.467. The number of pyridine rings is 1. The average Bonchev–Trinajstić information content (AvgIpc) is 3.44. The molecular formula is C30H38N6O3. The number of aromatic nitrogens is 5. The summed E-state index contributed by atoms with van der Waals surface area (Å²) in [5, 5.41) is 13.9. The van der Waals surface area contributed by atoms with E-state index in [9.17, 15) is 4.79 Å². The van der Waals surface area contributed by atoms with Gasteiger partial charge in [-0.1, -0.05) is 56.5 Å². The molecule has 4 aromatic rings. The SMILES string of the molecule is CC[C@H](c1nnnn1CCc1ccccc1)N(Cc1cc2cc(OC)c(OC)cc2[nH]c1=O)C1CCCCC1. The van der Waals surface area contributed by atoms with Crippen LogP contribution in [0.1, 0.15) is 68.4 Å². The van der Waals surface area contributed by atoms with Gasteiger partial charge in [0.05, 0.1) is 25.8 Å². The van der Waals surface area contributed by atoms with Crippen LogP contribution < -0.4 is 15.0 Å². The number of H-pyrrole nitrogens is 1. The van der Waals surface area contributed by atoms with E-state index in [1.165, 1.54) is 24.8 Å². The minimum Gasteiger partial charge on any atom is -0.493 e. The average molecular weight is 531 g/mol. The van der Waals surface area contributed by atoms with Crippen molar-refractivity contribution in [3.63, 3.8) is 0 Å². The maximum Gasteiger partial charge on any atom is 0.252 e. The van der Waals surface area contributed by atoms with Gasteiger partial charge in [0.1, 0.15) is 0 Å².